The molecule has 1 fully saturated rings. The number of hydrogen-bond acceptors (Lipinski definition) is 10. The Labute approximate surface area is 227 Å². The first-order chi connectivity index (χ1) is 18.4. The van der Waals surface area contributed by atoms with Gasteiger partial charge in [-0.3, -0.25) is 24.6 Å². The van der Waals surface area contributed by atoms with E-state index >= 15 is 0 Å². The second kappa shape index (κ2) is 10.7. The predicted octanol–water partition coefficient (Wildman–Crippen LogP) is 4.87. The molecule has 0 bridgehead atoms. The number of esters is 1. The monoisotopic (exact) mass is 551 g/mol. The number of aliphatic hydroxyl groups is 1. The number of nitro groups is 1. The lowest BCUT2D eigenvalue weighted by atomic mass is 9.94. The van der Waals surface area contributed by atoms with Crippen molar-refractivity contribution in [1.29, 1.82) is 0 Å². The van der Waals surface area contributed by atoms with E-state index in [1.807, 2.05) is 13.8 Å². The average molecular weight is 552 g/mol. The van der Waals surface area contributed by atoms with Gasteiger partial charge in [0.2, 0.25) is 0 Å². The molecule has 11 nitrogen and oxygen atoms in total. The number of hydrogen-bond donors (Lipinski definition) is 1. The Hall–Kier alpha value is -4.58. The van der Waals surface area contributed by atoms with E-state index in [9.17, 15) is 29.6 Å². The number of amides is 1. The molecule has 0 saturated carbocycles. The summed E-state index contributed by atoms with van der Waals surface area (Å²) in [6, 6.07) is 9.00. The molecule has 1 N–H and O–H groups in total. The van der Waals surface area contributed by atoms with Crippen molar-refractivity contribution >= 4 is 45.6 Å². The van der Waals surface area contributed by atoms with Crippen LogP contribution >= 0.6 is 11.3 Å². The number of nitro benzene ring substituents is 1. The third-order valence-corrected chi connectivity index (χ3v) is 7.15. The SMILES string of the molecule is COC(=O)c1sc(N2C(=O)C(=O)C(=C(O)c3ccc(OC(C)C)c(C)c3)[C@@H]2c2cccc([N+](=O)[O-])c2)nc1C. The summed E-state index contributed by atoms with van der Waals surface area (Å²) in [4.78, 5) is 55.4. The van der Waals surface area contributed by atoms with Crippen LogP contribution in [0, 0.1) is 24.0 Å². The van der Waals surface area contributed by atoms with Crippen LogP contribution in [0.5, 0.6) is 5.75 Å². The molecule has 1 saturated heterocycles. The number of ketones is 1. The first-order valence-electron chi connectivity index (χ1n) is 11.8. The van der Waals surface area contributed by atoms with E-state index in [1.165, 1.54) is 31.4 Å². The maximum atomic E-state index is 13.4. The summed E-state index contributed by atoms with van der Waals surface area (Å²) in [6.07, 6.45) is -0.0843. The number of thiazole rings is 1. The van der Waals surface area contributed by atoms with Gasteiger partial charge < -0.3 is 14.6 Å². The van der Waals surface area contributed by atoms with Gasteiger partial charge in [0, 0.05) is 17.7 Å². The van der Waals surface area contributed by atoms with E-state index in [1.54, 1.807) is 32.0 Å². The second-order valence-corrected chi connectivity index (χ2v) is 10.0. The van der Waals surface area contributed by atoms with E-state index in [4.69, 9.17) is 9.47 Å². The van der Waals surface area contributed by atoms with Gasteiger partial charge in [-0.2, -0.15) is 0 Å². The highest BCUT2D eigenvalue weighted by Gasteiger charge is 2.48. The van der Waals surface area contributed by atoms with Gasteiger partial charge in [-0.1, -0.05) is 23.5 Å². The van der Waals surface area contributed by atoms with Gasteiger partial charge in [-0.25, -0.2) is 9.78 Å². The van der Waals surface area contributed by atoms with Gasteiger partial charge in [-0.15, -0.1) is 0 Å². The number of methoxy groups -OCH3 is 1. The Kier molecular flexibility index (Phi) is 7.50. The number of ether oxygens (including phenoxy) is 2. The molecular weight excluding hydrogens is 526 g/mol. The van der Waals surface area contributed by atoms with Gasteiger partial charge in [0.15, 0.2) is 5.13 Å². The van der Waals surface area contributed by atoms with Crippen molar-refractivity contribution in [2.45, 2.75) is 39.8 Å². The zero-order valence-corrected chi connectivity index (χ0v) is 22.6. The Balaban J connectivity index is 1.93. The van der Waals surface area contributed by atoms with E-state index in [0.29, 0.717) is 11.3 Å². The van der Waals surface area contributed by atoms with Crippen molar-refractivity contribution in [2.24, 2.45) is 0 Å². The Morgan fingerprint density at radius 1 is 1.18 bits per heavy atom. The molecule has 1 aliphatic rings. The standard InChI is InChI=1S/C27H25N3O8S/c1-13(2)38-19-10-9-17(11-14(19)3)22(31)20-21(16-7-6-8-18(12-16)30(35)36)29(25(33)23(20)32)27-28-15(4)24(39-27)26(34)37-5/h6-13,21,31H,1-5H3/t21-/m0/s1. The molecule has 0 aliphatic carbocycles. The number of aromatic nitrogens is 1. The Bertz CT molecular complexity index is 1540. The number of Topliss-reactive ketones (excluding diaryl/α,β-unsaturated/α-hetero) is 1. The van der Waals surface area contributed by atoms with Crippen LogP contribution in [0.3, 0.4) is 0 Å². The van der Waals surface area contributed by atoms with Crippen molar-refractivity contribution < 1.29 is 33.9 Å². The topological polar surface area (TPSA) is 149 Å². The smallest absolute Gasteiger partial charge is 0.350 e. The van der Waals surface area contributed by atoms with Gasteiger partial charge in [0.05, 0.1) is 35.4 Å². The van der Waals surface area contributed by atoms with Gasteiger partial charge in [0.1, 0.15) is 16.4 Å². The van der Waals surface area contributed by atoms with Crippen LogP contribution in [-0.2, 0) is 14.3 Å². The number of carbonyl (C=O) groups is 3. The van der Waals surface area contributed by atoms with Crippen molar-refractivity contribution in [3.63, 3.8) is 0 Å². The molecule has 2 aromatic carbocycles. The molecule has 3 aromatic rings. The summed E-state index contributed by atoms with van der Waals surface area (Å²) in [5.74, 6) is -2.55. The highest BCUT2D eigenvalue weighted by molar-refractivity contribution is 7.17. The Morgan fingerprint density at radius 3 is 2.51 bits per heavy atom. The molecule has 1 aliphatic heterocycles. The third kappa shape index (κ3) is 5.10. The lowest BCUT2D eigenvalue weighted by molar-refractivity contribution is -0.384. The fraction of sp³-hybridized carbons (Fsp3) is 0.259. The summed E-state index contributed by atoms with van der Waals surface area (Å²) < 4.78 is 10.5. The largest absolute Gasteiger partial charge is 0.507 e. The fourth-order valence-corrected chi connectivity index (χ4v) is 5.27. The number of non-ortho nitro benzene ring substituents is 1. The van der Waals surface area contributed by atoms with Crippen LogP contribution in [0.4, 0.5) is 10.8 Å². The van der Waals surface area contributed by atoms with Crippen molar-refractivity contribution in [3.05, 3.63) is 85.4 Å². The maximum absolute atomic E-state index is 13.4. The maximum Gasteiger partial charge on any atom is 0.350 e. The first-order valence-corrected chi connectivity index (χ1v) is 12.6. The number of anilines is 1. The summed E-state index contributed by atoms with van der Waals surface area (Å²) in [7, 11) is 1.20. The molecule has 202 valence electrons. The minimum Gasteiger partial charge on any atom is -0.507 e. The second-order valence-electron chi connectivity index (χ2n) is 9.07. The normalized spacial score (nSPS) is 16.6. The zero-order valence-electron chi connectivity index (χ0n) is 21.8. The van der Waals surface area contributed by atoms with Crippen LogP contribution in [0.25, 0.3) is 5.76 Å². The molecule has 0 unspecified atom stereocenters. The summed E-state index contributed by atoms with van der Waals surface area (Å²) in [5, 5.41) is 22.9. The van der Waals surface area contributed by atoms with Crippen molar-refractivity contribution in [2.75, 3.05) is 12.0 Å². The lowest BCUT2D eigenvalue weighted by Crippen LogP contribution is -2.29. The summed E-state index contributed by atoms with van der Waals surface area (Å²) >= 11 is 0.836. The molecule has 0 spiro atoms. The minimum absolute atomic E-state index is 0.00224. The summed E-state index contributed by atoms with van der Waals surface area (Å²) in [6.45, 7) is 7.08. The van der Waals surface area contributed by atoms with E-state index in [-0.39, 0.29) is 44.2 Å². The van der Waals surface area contributed by atoms with Crippen LogP contribution in [-0.4, -0.2) is 45.9 Å². The van der Waals surface area contributed by atoms with Crippen LogP contribution in [0.2, 0.25) is 0 Å². The molecule has 1 atom stereocenters. The predicted molar refractivity (Wildman–Crippen MR) is 143 cm³/mol. The van der Waals surface area contributed by atoms with Crippen molar-refractivity contribution in [3.8, 4) is 5.75 Å². The van der Waals surface area contributed by atoms with E-state index < -0.39 is 34.4 Å². The van der Waals surface area contributed by atoms with Crippen LogP contribution in [0.1, 0.15) is 51.9 Å². The molecule has 39 heavy (non-hydrogen) atoms. The molecule has 1 amide bonds. The zero-order chi connectivity index (χ0) is 28.6. The average Bonchev–Trinajstić information content (AvgIpc) is 3.40. The van der Waals surface area contributed by atoms with Crippen molar-refractivity contribution in [1.82, 2.24) is 4.98 Å². The van der Waals surface area contributed by atoms with E-state index in [0.717, 1.165) is 16.2 Å². The molecular formula is C27H25N3O8S. The highest BCUT2D eigenvalue weighted by Crippen LogP contribution is 2.44. The van der Waals surface area contributed by atoms with Gasteiger partial charge >= 0.3 is 11.9 Å². The number of nitrogens with zero attached hydrogens (tertiary/aromatic N) is 3. The number of aryl methyl sites for hydroxylation is 2. The fourth-order valence-electron chi connectivity index (χ4n) is 4.26. The number of aliphatic hydroxyl groups excluding tert-OH is 1. The lowest BCUT2D eigenvalue weighted by Gasteiger charge is -2.23. The number of carbonyl (C=O) groups excluding carboxylic acids is 3. The van der Waals surface area contributed by atoms with Crippen LogP contribution < -0.4 is 9.64 Å². The quantitative estimate of drug-likeness (QED) is 0.108. The third-order valence-electron chi connectivity index (χ3n) is 6.01. The van der Waals surface area contributed by atoms with Crippen LogP contribution in [0.15, 0.2) is 48.0 Å². The number of benzene rings is 2. The number of rotatable bonds is 7. The first kappa shape index (κ1) is 27.5. The molecule has 4 rings (SSSR count). The summed E-state index contributed by atoms with van der Waals surface area (Å²) in [5.41, 5.74) is 0.876. The molecule has 0 radical (unpaired) electrons. The molecule has 2 heterocycles. The molecule has 1 aromatic heterocycles. The minimum atomic E-state index is -1.26. The Morgan fingerprint density at radius 2 is 1.90 bits per heavy atom. The van der Waals surface area contributed by atoms with Gasteiger partial charge in [0.25, 0.3) is 11.5 Å². The van der Waals surface area contributed by atoms with E-state index in [2.05, 4.69) is 4.98 Å². The highest BCUT2D eigenvalue weighted by atomic mass is 32.1. The molecule has 12 heteroatoms. The van der Waals surface area contributed by atoms with Gasteiger partial charge in [-0.05, 0) is 57.0 Å².